The van der Waals surface area contributed by atoms with Crippen LogP contribution in [0.3, 0.4) is 0 Å². The molecule has 0 saturated carbocycles. The monoisotopic (exact) mass is 731 g/mol. The highest BCUT2D eigenvalue weighted by Gasteiger charge is 2.51. The molecule has 14 nitrogen and oxygen atoms in total. The van der Waals surface area contributed by atoms with Gasteiger partial charge in [0.1, 0.15) is 12.1 Å². The molecule has 6 rings (SSSR count). The van der Waals surface area contributed by atoms with E-state index in [1.54, 1.807) is 4.90 Å². The molecule has 0 aliphatic carbocycles. The minimum atomic E-state index is -5.81. The summed E-state index contributed by atoms with van der Waals surface area (Å²) in [5.74, 6) is -1.77. The van der Waals surface area contributed by atoms with Crippen LogP contribution < -0.4 is 5.32 Å². The van der Waals surface area contributed by atoms with E-state index >= 15 is 0 Å². The number of hydrogen-bond donors (Lipinski definition) is 3. The van der Waals surface area contributed by atoms with Crippen LogP contribution in [0.25, 0.3) is 10.1 Å². The smallest absolute Gasteiger partial charge is 0.340 e. The SMILES string of the molecule is CC(=O)N1CC[C@H]2CC[C@@H](C(=O)N3CCC(N4CCCS4(=O)=O)C3)N2C(=O)[C@@H](NC(=O)c2cc3cc(C(F)(F)P(=O)(O)O)ccc3s2)C1. The average Bonchev–Trinajstić information content (AvgIpc) is 3.80. The second-order valence-electron chi connectivity index (χ2n) is 12.7. The molecule has 0 radical (unpaired) electrons. The van der Waals surface area contributed by atoms with Gasteiger partial charge < -0.3 is 29.8 Å². The van der Waals surface area contributed by atoms with E-state index in [-0.39, 0.29) is 59.5 Å². The maximum atomic E-state index is 14.3. The Kier molecular flexibility index (Phi) is 9.22. The van der Waals surface area contributed by atoms with E-state index in [4.69, 9.17) is 9.79 Å². The van der Waals surface area contributed by atoms with Gasteiger partial charge in [-0.2, -0.15) is 13.1 Å². The van der Waals surface area contributed by atoms with Gasteiger partial charge in [0, 0.05) is 62.0 Å². The van der Waals surface area contributed by atoms with Crippen molar-refractivity contribution in [3.05, 3.63) is 34.7 Å². The molecule has 4 fully saturated rings. The summed E-state index contributed by atoms with van der Waals surface area (Å²) < 4.78 is 66.8. The van der Waals surface area contributed by atoms with Crippen LogP contribution in [-0.4, -0.2) is 123 Å². The van der Waals surface area contributed by atoms with Crippen molar-refractivity contribution in [2.75, 3.05) is 38.5 Å². The van der Waals surface area contributed by atoms with E-state index in [9.17, 15) is 40.9 Å². The van der Waals surface area contributed by atoms with Crippen molar-refractivity contribution in [3.8, 4) is 0 Å². The molecule has 48 heavy (non-hydrogen) atoms. The lowest BCUT2D eigenvalue weighted by Crippen LogP contribution is -2.61. The molecule has 1 aromatic carbocycles. The largest absolute Gasteiger partial charge is 0.399 e. The summed E-state index contributed by atoms with van der Waals surface area (Å²) in [5, 5.41) is 2.82. The number of carbonyl (C=O) groups excluding carboxylic acids is 4. The Morgan fingerprint density at radius 1 is 1.00 bits per heavy atom. The average molecular weight is 732 g/mol. The Morgan fingerprint density at radius 3 is 2.38 bits per heavy atom. The second-order valence-corrected chi connectivity index (χ2v) is 17.5. The first-order chi connectivity index (χ1) is 22.5. The Balaban J connectivity index is 1.22. The van der Waals surface area contributed by atoms with Crippen molar-refractivity contribution in [1.29, 1.82) is 0 Å². The van der Waals surface area contributed by atoms with Crippen molar-refractivity contribution < 1.29 is 50.7 Å². The number of alkyl halides is 2. The first-order valence-corrected chi connectivity index (χ1v) is 19.7. The van der Waals surface area contributed by atoms with E-state index < -0.39 is 52.7 Å². The Labute approximate surface area is 279 Å². The van der Waals surface area contributed by atoms with Crippen LogP contribution in [0.5, 0.6) is 0 Å². The number of thiophene rings is 1. The lowest BCUT2D eigenvalue weighted by Gasteiger charge is -2.39. The highest BCUT2D eigenvalue weighted by molar-refractivity contribution is 7.89. The number of nitrogens with zero attached hydrogens (tertiary/aromatic N) is 4. The lowest BCUT2D eigenvalue weighted by molar-refractivity contribution is -0.148. The highest BCUT2D eigenvalue weighted by Crippen LogP contribution is 2.59. The van der Waals surface area contributed by atoms with Gasteiger partial charge in [-0.25, -0.2) is 8.42 Å². The third-order valence-corrected chi connectivity index (χ3v) is 13.8. The number of nitrogens with one attached hydrogen (secondary N) is 1. The summed E-state index contributed by atoms with van der Waals surface area (Å²) in [5.41, 5.74) is -5.35. The van der Waals surface area contributed by atoms with Crippen molar-refractivity contribution in [3.63, 3.8) is 0 Å². The molecule has 5 heterocycles. The minimum Gasteiger partial charge on any atom is -0.340 e. The number of rotatable bonds is 6. The zero-order valence-electron chi connectivity index (χ0n) is 26.0. The third kappa shape index (κ3) is 6.38. The number of halogens is 2. The molecular weight excluding hydrogens is 695 g/mol. The maximum absolute atomic E-state index is 14.3. The molecule has 19 heteroatoms. The van der Waals surface area contributed by atoms with Crippen molar-refractivity contribution in [2.45, 2.75) is 68.9 Å². The predicted octanol–water partition coefficient (Wildman–Crippen LogP) is 1.47. The third-order valence-electron chi connectivity index (χ3n) is 9.70. The predicted molar refractivity (Wildman–Crippen MR) is 170 cm³/mol. The molecule has 4 aliphatic heterocycles. The Hall–Kier alpha value is -3.02. The van der Waals surface area contributed by atoms with Crippen LogP contribution in [0.4, 0.5) is 8.78 Å². The molecule has 2 aromatic rings. The molecule has 1 aromatic heterocycles. The van der Waals surface area contributed by atoms with Gasteiger partial charge in [-0.3, -0.25) is 23.7 Å². The highest BCUT2D eigenvalue weighted by atomic mass is 32.2. The van der Waals surface area contributed by atoms with Crippen LogP contribution in [-0.2, 0) is 34.6 Å². The van der Waals surface area contributed by atoms with Gasteiger partial charge in [-0.15, -0.1) is 11.3 Å². The number of sulfonamides is 1. The van der Waals surface area contributed by atoms with E-state index in [1.165, 1.54) is 33.2 Å². The van der Waals surface area contributed by atoms with Gasteiger partial charge in [0.05, 0.1) is 10.6 Å². The van der Waals surface area contributed by atoms with Gasteiger partial charge in [-0.1, -0.05) is 6.07 Å². The lowest BCUT2D eigenvalue weighted by atomic mass is 10.1. The number of carbonyl (C=O) groups is 4. The van der Waals surface area contributed by atoms with E-state index in [0.29, 0.717) is 49.9 Å². The van der Waals surface area contributed by atoms with Crippen molar-refractivity contribution in [1.82, 2.24) is 24.3 Å². The van der Waals surface area contributed by atoms with Gasteiger partial charge in [0.25, 0.3) is 5.91 Å². The topological polar surface area (TPSA) is 185 Å². The summed E-state index contributed by atoms with van der Waals surface area (Å²) in [6.45, 7) is 2.48. The number of benzene rings is 1. The first kappa shape index (κ1) is 34.8. The summed E-state index contributed by atoms with van der Waals surface area (Å²) in [7, 11) is -9.17. The summed E-state index contributed by atoms with van der Waals surface area (Å²) in [6, 6.07) is 1.52. The summed E-state index contributed by atoms with van der Waals surface area (Å²) >= 11 is 0.926. The zero-order chi connectivity index (χ0) is 34.8. The van der Waals surface area contributed by atoms with Gasteiger partial charge >= 0.3 is 13.3 Å². The maximum Gasteiger partial charge on any atom is 0.399 e. The Bertz CT molecular complexity index is 1820. The molecule has 4 atom stereocenters. The van der Waals surface area contributed by atoms with E-state index in [0.717, 1.165) is 23.5 Å². The number of likely N-dealkylation sites (tertiary alicyclic amines) is 1. The van der Waals surface area contributed by atoms with Gasteiger partial charge in [0.2, 0.25) is 27.7 Å². The van der Waals surface area contributed by atoms with Crippen LogP contribution in [0.2, 0.25) is 0 Å². The number of hydrogen-bond acceptors (Lipinski definition) is 8. The molecular formula is C29H36F2N5O9PS2. The minimum absolute atomic E-state index is 0.0384. The molecule has 1 unspecified atom stereocenters. The second kappa shape index (κ2) is 12.7. The zero-order valence-corrected chi connectivity index (χ0v) is 28.5. The normalized spacial score (nSPS) is 26.9. The van der Waals surface area contributed by atoms with Crippen molar-refractivity contribution in [2.24, 2.45) is 0 Å². The quantitative estimate of drug-likeness (QED) is 0.371. The molecule has 4 amide bonds. The summed E-state index contributed by atoms with van der Waals surface area (Å²) in [4.78, 5) is 76.9. The van der Waals surface area contributed by atoms with Crippen LogP contribution in [0.15, 0.2) is 24.3 Å². The van der Waals surface area contributed by atoms with Crippen LogP contribution >= 0.6 is 18.9 Å². The van der Waals surface area contributed by atoms with Crippen LogP contribution in [0.1, 0.15) is 54.3 Å². The molecule has 262 valence electrons. The fourth-order valence-corrected chi connectivity index (χ4v) is 10.4. The standard InChI is InChI=1S/C29H36F2N5O9PS2/c1-17(37)33-10-7-20-4-5-23(28(40)34-11-8-21(15-34)35-9-2-12-48(35,44)45)36(20)27(39)22(16-33)32-26(38)25-14-18-13-19(3-6-24(18)47-25)29(30,31)46(41,42)43/h3,6,13-14,20-23H,2,4-5,7-12,15-16H2,1H3,(H,32,38)(H2,41,42,43)/t20-,21?,22+,23+/m1/s1. The molecule has 3 N–H and O–H groups in total. The Morgan fingerprint density at radius 2 is 1.71 bits per heavy atom. The van der Waals surface area contributed by atoms with E-state index in [1.807, 2.05) is 0 Å². The first-order valence-electron chi connectivity index (χ1n) is 15.6. The fourth-order valence-electron chi connectivity index (χ4n) is 7.21. The molecule has 4 saturated heterocycles. The van der Waals surface area contributed by atoms with Gasteiger partial charge in [0.15, 0.2) is 0 Å². The molecule has 0 spiro atoms. The fraction of sp³-hybridized carbons (Fsp3) is 0.586. The molecule has 4 aliphatic rings. The van der Waals surface area contributed by atoms with Crippen molar-refractivity contribution >= 4 is 62.7 Å². The number of fused-ring (bicyclic) bond motifs is 2. The van der Waals surface area contributed by atoms with Gasteiger partial charge in [-0.05, 0) is 55.7 Å². The van der Waals surface area contributed by atoms with E-state index in [2.05, 4.69) is 5.32 Å². The number of amides is 4. The molecule has 0 bridgehead atoms. The summed E-state index contributed by atoms with van der Waals surface area (Å²) in [6.07, 6.45) is 2.34. The van der Waals surface area contributed by atoms with Crippen LogP contribution in [0, 0.1) is 0 Å².